The lowest BCUT2D eigenvalue weighted by Crippen LogP contribution is -2.31. The van der Waals surface area contributed by atoms with Crippen LogP contribution in [0, 0.1) is 0 Å². The standard InChI is InChI=1S/C6H10N4OS/c1-10-3-5(2-8-10)12-4-6(11)9-7/h2-3H,4,7H2,1H3,(H,9,11). The van der Waals surface area contributed by atoms with Gasteiger partial charge in [-0.1, -0.05) is 0 Å². The molecule has 3 N–H and O–H groups in total. The molecule has 1 amide bonds. The van der Waals surface area contributed by atoms with Gasteiger partial charge in [-0.05, 0) is 0 Å². The topological polar surface area (TPSA) is 72.9 Å². The van der Waals surface area contributed by atoms with Crippen molar-refractivity contribution in [1.82, 2.24) is 15.2 Å². The highest BCUT2D eigenvalue weighted by atomic mass is 32.2. The number of nitrogens with zero attached hydrogens (tertiary/aromatic N) is 2. The summed E-state index contributed by atoms with van der Waals surface area (Å²) in [4.78, 5) is 11.7. The Kier molecular flexibility index (Phi) is 3.12. The normalized spacial score (nSPS) is 9.83. The van der Waals surface area contributed by atoms with Crippen molar-refractivity contribution in [3.8, 4) is 0 Å². The maximum Gasteiger partial charge on any atom is 0.244 e. The van der Waals surface area contributed by atoms with E-state index >= 15 is 0 Å². The van der Waals surface area contributed by atoms with Crippen LogP contribution in [-0.2, 0) is 11.8 Å². The fraction of sp³-hybridized carbons (Fsp3) is 0.333. The van der Waals surface area contributed by atoms with Crippen molar-refractivity contribution in [3.05, 3.63) is 12.4 Å². The molecule has 6 heteroatoms. The highest BCUT2D eigenvalue weighted by Gasteiger charge is 2.01. The summed E-state index contributed by atoms with van der Waals surface area (Å²) in [6, 6.07) is 0. The lowest BCUT2D eigenvalue weighted by Gasteiger charge is -1.95. The molecule has 5 nitrogen and oxygen atoms in total. The van der Waals surface area contributed by atoms with Crippen LogP contribution in [0.1, 0.15) is 0 Å². The molecular formula is C6H10N4OS. The fourth-order valence-electron chi connectivity index (χ4n) is 0.664. The van der Waals surface area contributed by atoms with E-state index in [9.17, 15) is 4.79 Å². The van der Waals surface area contributed by atoms with Gasteiger partial charge in [0.2, 0.25) is 5.91 Å². The Balaban J connectivity index is 2.38. The Labute approximate surface area is 74.3 Å². The van der Waals surface area contributed by atoms with Gasteiger partial charge < -0.3 is 0 Å². The van der Waals surface area contributed by atoms with Gasteiger partial charge in [-0.2, -0.15) is 5.10 Å². The van der Waals surface area contributed by atoms with Crippen LogP contribution in [0.15, 0.2) is 17.3 Å². The number of aromatic nitrogens is 2. The van der Waals surface area contributed by atoms with Gasteiger partial charge >= 0.3 is 0 Å². The van der Waals surface area contributed by atoms with E-state index in [1.165, 1.54) is 11.8 Å². The van der Waals surface area contributed by atoms with Crippen molar-refractivity contribution in [2.75, 3.05) is 5.75 Å². The summed E-state index contributed by atoms with van der Waals surface area (Å²) in [7, 11) is 1.83. The first kappa shape index (κ1) is 9.08. The van der Waals surface area contributed by atoms with E-state index in [0.717, 1.165) is 4.90 Å². The zero-order valence-corrected chi connectivity index (χ0v) is 7.47. The molecule has 1 aromatic heterocycles. The van der Waals surface area contributed by atoms with Gasteiger partial charge in [0.15, 0.2) is 0 Å². The van der Waals surface area contributed by atoms with Crippen LogP contribution in [0.3, 0.4) is 0 Å². The van der Waals surface area contributed by atoms with Gasteiger partial charge in [0.1, 0.15) is 0 Å². The molecule has 0 bridgehead atoms. The van der Waals surface area contributed by atoms with Crippen LogP contribution >= 0.6 is 11.8 Å². The molecule has 0 unspecified atom stereocenters. The summed E-state index contributed by atoms with van der Waals surface area (Å²) < 4.78 is 1.68. The van der Waals surface area contributed by atoms with Gasteiger partial charge in [0.25, 0.3) is 0 Å². The smallest absolute Gasteiger partial charge is 0.244 e. The number of nitrogens with two attached hydrogens (primary N) is 1. The first-order chi connectivity index (χ1) is 5.72. The van der Waals surface area contributed by atoms with Gasteiger partial charge in [-0.3, -0.25) is 14.9 Å². The summed E-state index contributed by atoms with van der Waals surface area (Å²) in [6.45, 7) is 0. The Morgan fingerprint density at radius 1 is 1.92 bits per heavy atom. The molecule has 0 spiro atoms. The summed E-state index contributed by atoms with van der Waals surface area (Å²) in [5, 5.41) is 3.95. The average molecular weight is 186 g/mol. The summed E-state index contributed by atoms with van der Waals surface area (Å²) in [5.74, 6) is 5.04. The molecule has 0 radical (unpaired) electrons. The van der Waals surface area contributed by atoms with E-state index in [-0.39, 0.29) is 5.91 Å². The minimum absolute atomic E-state index is 0.191. The number of hydrazine groups is 1. The molecule has 0 aliphatic carbocycles. The van der Waals surface area contributed by atoms with Crippen molar-refractivity contribution in [2.24, 2.45) is 12.9 Å². The number of carbonyl (C=O) groups excluding carboxylic acids is 1. The monoisotopic (exact) mass is 186 g/mol. The van der Waals surface area contributed by atoms with Crippen molar-refractivity contribution in [3.63, 3.8) is 0 Å². The summed E-state index contributed by atoms with van der Waals surface area (Å²) >= 11 is 1.40. The van der Waals surface area contributed by atoms with Gasteiger partial charge in [-0.15, -0.1) is 11.8 Å². The number of nitrogens with one attached hydrogen (secondary N) is 1. The second-order valence-corrected chi connectivity index (χ2v) is 3.25. The van der Waals surface area contributed by atoms with Crippen LogP contribution in [0.4, 0.5) is 0 Å². The predicted octanol–water partition coefficient (Wildman–Crippen LogP) is -0.498. The second kappa shape index (κ2) is 4.13. The lowest BCUT2D eigenvalue weighted by molar-refractivity contribution is -0.118. The average Bonchev–Trinajstić information content (AvgIpc) is 2.47. The molecule has 0 aliphatic rings. The molecule has 1 rings (SSSR count). The highest BCUT2D eigenvalue weighted by molar-refractivity contribution is 8.00. The lowest BCUT2D eigenvalue weighted by atomic mass is 10.7. The number of amides is 1. The van der Waals surface area contributed by atoms with Gasteiger partial charge in [-0.25, -0.2) is 5.84 Å². The molecule has 0 fully saturated rings. The Morgan fingerprint density at radius 3 is 3.17 bits per heavy atom. The van der Waals surface area contributed by atoms with E-state index in [1.807, 2.05) is 13.2 Å². The Morgan fingerprint density at radius 2 is 2.67 bits per heavy atom. The van der Waals surface area contributed by atoms with E-state index in [0.29, 0.717) is 5.75 Å². The quantitative estimate of drug-likeness (QED) is 0.289. The van der Waals surface area contributed by atoms with E-state index in [4.69, 9.17) is 5.84 Å². The first-order valence-corrected chi connectivity index (χ1v) is 4.32. The minimum atomic E-state index is -0.191. The summed E-state index contributed by atoms with van der Waals surface area (Å²) in [5.41, 5.74) is 2.06. The largest absolute Gasteiger partial charge is 0.294 e. The predicted molar refractivity (Wildman–Crippen MR) is 46.3 cm³/mol. The van der Waals surface area contributed by atoms with E-state index in [1.54, 1.807) is 10.9 Å². The number of hydrogen-bond donors (Lipinski definition) is 2. The van der Waals surface area contributed by atoms with Crippen LogP contribution in [0.25, 0.3) is 0 Å². The van der Waals surface area contributed by atoms with Crippen LogP contribution in [0.5, 0.6) is 0 Å². The minimum Gasteiger partial charge on any atom is -0.294 e. The molecular weight excluding hydrogens is 176 g/mol. The van der Waals surface area contributed by atoms with Crippen molar-refractivity contribution in [1.29, 1.82) is 0 Å². The molecule has 0 atom stereocenters. The van der Waals surface area contributed by atoms with E-state index in [2.05, 4.69) is 10.5 Å². The number of thioether (sulfide) groups is 1. The zero-order chi connectivity index (χ0) is 8.97. The van der Waals surface area contributed by atoms with Gasteiger partial charge in [0.05, 0.1) is 11.9 Å². The van der Waals surface area contributed by atoms with Crippen molar-refractivity contribution < 1.29 is 4.79 Å². The molecule has 1 heterocycles. The third-order valence-corrected chi connectivity index (χ3v) is 2.16. The van der Waals surface area contributed by atoms with Gasteiger partial charge in [0, 0.05) is 18.1 Å². The maximum atomic E-state index is 10.7. The molecule has 12 heavy (non-hydrogen) atoms. The number of rotatable bonds is 3. The molecule has 66 valence electrons. The van der Waals surface area contributed by atoms with Crippen molar-refractivity contribution >= 4 is 17.7 Å². The third-order valence-electron chi connectivity index (χ3n) is 1.21. The SMILES string of the molecule is Cn1cc(SCC(=O)NN)cn1. The Bertz CT molecular complexity index is 272. The maximum absolute atomic E-state index is 10.7. The number of carbonyl (C=O) groups is 1. The number of hydrogen-bond acceptors (Lipinski definition) is 4. The van der Waals surface area contributed by atoms with Crippen LogP contribution in [-0.4, -0.2) is 21.4 Å². The summed E-state index contributed by atoms with van der Waals surface area (Å²) in [6.07, 6.45) is 3.54. The molecule has 1 aromatic rings. The highest BCUT2D eigenvalue weighted by Crippen LogP contribution is 2.15. The fourth-order valence-corrected chi connectivity index (χ4v) is 1.39. The van der Waals surface area contributed by atoms with E-state index < -0.39 is 0 Å². The molecule has 0 aromatic carbocycles. The molecule has 0 saturated heterocycles. The number of aryl methyl sites for hydroxylation is 1. The van der Waals surface area contributed by atoms with Crippen molar-refractivity contribution in [2.45, 2.75) is 4.90 Å². The molecule has 0 saturated carbocycles. The Hall–Kier alpha value is -1.01. The van der Waals surface area contributed by atoms with Crippen LogP contribution < -0.4 is 11.3 Å². The second-order valence-electron chi connectivity index (χ2n) is 2.21. The zero-order valence-electron chi connectivity index (χ0n) is 6.65. The van der Waals surface area contributed by atoms with Crippen LogP contribution in [0.2, 0.25) is 0 Å². The first-order valence-electron chi connectivity index (χ1n) is 3.33. The molecule has 0 aliphatic heterocycles. The third kappa shape index (κ3) is 2.55.